The Morgan fingerprint density at radius 2 is 0.178 bits per heavy atom. The first-order valence-corrected chi connectivity index (χ1v) is 46.5. The summed E-state index contributed by atoms with van der Waals surface area (Å²) < 4.78 is 22.4. The number of nitrogens with zero attached hydrogens (tertiary/aromatic N) is 9. The lowest BCUT2D eigenvalue weighted by molar-refractivity contribution is 1.10. The SMILES string of the molecule is c1ccc2c(c1)c1ccccc1n2-c1cc(-n2c3ccccc3c3ccccc32)cc(-n2c3ccccc3c3cc(-c4ccc5c(c4)c4ccccc4n5-c4cc(-n5c6ccccc6c6ccccc65)cc(-n5c6ccccc6c6cc(-c7ccc8c(c7)c7ccccc7n8-c7cc(-n8c9ccccc9c9ccccc98)cc(-n8c9ccccc9c9ccccc98)c7)ccc65)c4)ccc32)c1. The molecule has 0 atom stereocenters. The molecule has 30 rings (SSSR count). The van der Waals surface area contributed by atoms with Crippen LogP contribution >= 0.6 is 0 Å². The molecular formula is C126H77N9. The predicted octanol–water partition coefficient (Wildman–Crippen LogP) is 32.9. The molecule has 9 heteroatoms. The molecule has 0 bridgehead atoms. The number of para-hydroxylation sites is 14. The van der Waals surface area contributed by atoms with Crippen molar-refractivity contribution in [2.75, 3.05) is 0 Å². The highest BCUT2D eigenvalue weighted by molar-refractivity contribution is 6.19. The summed E-state index contributed by atoms with van der Waals surface area (Å²) >= 11 is 0. The Morgan fingerprint density at radius 1 is 0.0815 bits per heavy atom. The molecule has 135 heavy (non-hydrogen) atoms. The van der Waals surface area contributed by atoms with E-state index in [0.29, 0.717) is 0 Å². The molecule has 0 radical (unpaired) electrons. The quantitative estimate of drug-likeness (QED) is 0.124. The maximum atomic E-state index is 2.51. The third kappa shape index (κ3) is 10.6. The average Bonchev–Trinajstić information content (AvgIpc) is 1.57. The molecule has 0 N–H and O–H groups in total. The summed E-state index contributed by atoms with van der Waals surface area (Å²) in [5, 5.41) is 21.7. The van der Waals surface area contributed by atoms with Gasteiger partial charge in [-0.1, -0.05) is 279 Å². The van der Waals surface area contributed by atoms with Gasteiger partial charge in [0.1, 0.15) is 0 Å². The smallest absolute Gasteiger partial charge is 0.0541 e. The fourth-order valence-corrected chi connectivity index (χ4v) is 23.6. The summed E-state index contributed by atoms with van der Waals surface area (Å²) in [4.78, 5) is 0. The fourth-order valence-electron chi connectivity index (χ4n) is 23.6. The largest absolute Gasteiger partial charge is 0.309 e. The van der Waals surface area contributed by atoms with E-state index in [1.165, 1.54) is 141 Å². The molecule has 9 nitrogen and oxygen atoms in total. The summed E-state index contributed by atoms with van der Waals surface area (Å²) in [7, 11) is 0. The summed E-state index contributed by atoms with van der Waals surface area (Å²) in [6.07, 6.45) is 0. The Balaban J connectivity index is 0.573. The van der Waals surface area contributed by atoms with Gasteiger partial charge in [0.15, 0.2) is 0 Å². The summed E-state index contributed by atoms with van der Waals surface area (Å²) in [5.41, 5.74) is 34.9. The van der Waals surface area contributed by atoms with E-state index in [4.69, 9.17) is 0 Å². The van der Waals surface area contributed by atoms with E-state index in [9.17, 15) is 0 Å². The molecule has 0 saturated heterocycles. The average molecular weight is 1720 g/mol. The zero-order chi connectivity index (χ0) is 87.9. The molecule has 30 aromatic rings. The van der Waals surface area contributed by atoms with E-state index in [1.54, 1.807) is 0 Å². The van der Waals surface area contributed by atoms with Gasteiger partial charge < -0.3 is 41.1 Å². The van der Waals surface area contributed by atoms with Gasteiger partial charge in [-0.15, -0.1) is 0 Å². The molecule has 0 aliphatic carbocycles. The minimum atomic E-state index is 1.05. The zero-order valence-electron chi connectivity index (χ0n) is 73.0. The third-order valence-corrected chi connectivity index (χ3v) is 29.2. The number of rotatable bonds is 11. The van der Waals surface area contributed by atoms with Crippen LogP contribution in [-0.2, 0) is 0 Å². The highest BCUT2D eigenvalue weighted by Gasteiger charge is 2.27. The van der Waals surface area contributed by atoms with Crippen LogP contribution in [0.2, 0.25) is 0 Å². The molecule has 9 heterocycles. The van der Waals surface area contributed by atoms with Gasteiger partial charge in [-0.3, -0.25) is 0 Å². The molecule has 0 amide bonds. The van der Waals surface area contributed by atoms with Crippen molar-refractivity contribution in [2.24, 2.45) is 0 Å². The number of aromatic nitrogens is 9. The molecule has 9 aromatic heterocycles. The van der Waals surface area contributed by atoms with E-state index >= 15 is 0 Å². The minimum absolute atomic E-state index is 1.05. The van der Waals surface area contributed by atoms with Crippen LogP contribution in [0.15, 0.2) is 467 Å². The molecule has 21 aromatic carbocycles. The molecule has 0 aliphatic rings. The minimum Gasteiger partial charge on any atom is -0.309 e. The molecule has 0 aliphatic heterocycles. The van der Waals surface area contributed by atoms with E-state index < -0.39 is 0 Å². The van der Waals surface area contributed by atoms with E-state index in [-0.39, 0.29) is 0 Å². The zero-order valence-corrected chi connectivity index (χ0v) is 73.0. The molecular weight excluding hydrogens is 1640 g/mol. The van der Waals surface area contributed by atoms with E-state index in [0.717, 1.165) is 129 Å². The Kier molecular flexibility index (Phi) is 15.4. The van der Waals surface area contributed by atoms with Crippen molar-refractivity contribution in [3.05, 3.63) is 467 Å². The second-order valence-corrected chi connectivity index (χ2v) is 36.3. The van der Waals surface area contributed by atoms with Gasteiger partial charge in [0.05, 0.1) is 150 Å². The second kappa shape index (κ2) is 28.2. The summed E-state index contributed by atoms with van der Waals surface area (Å²) in [5.74, 6) is 0. The maximum absolute atomic E-state index is 2.51. The van der Waals surface area contributed by atoms with Crippen molar-refractivity contribution in [2.45, 2.75) is 0 Å². The number of hydrogen-bond donors (Lipinski definition) is 0. The van der Waals surface area contributed by atoms with E-state index in [1.807, 2.05) is 0 Å². The van der Waals surface area contributed by atoms with Crippen molar-refractivity contribution >= 4 is 196 Å². The molecule has 0 saturated carbocycles. The van der Waals surface area contributed by atoms with Crippen LogP contribution in [0.4, 0.5) is 0 Å². The van der Waals surface area contributed by atoms with Gasteiger partial charge in [0.2, 0.25) is 0 Å². The van der Waals surface area contributed by atoms with Gasteiger partial charge in [-0.2, -0.15) is 0 Å². The molecule has 0 fully saturated rings. The van der Waals surface area contributed by atoms with Crippen molar-refractivity contribution in [3.8, 4) is 73.4 Å². The normalized spacial score (nSPS) is 12.3. The van der Waals surface area contributed by atoms with Gasteiger partial charge in [0, 0.05) is 97.0 Å². The maximum Gasteiger partial charge on any atom is 0.0541 e. The lowest BCUT2D eigenvalue weighted by Gasteiger charge is -2.17. The van der Waals surface area contributed by atoms with Gasteiger partial charge in [0.25, 0.3) is 0 Å². The van der Waals surface area contributed by atoms with Gasteiger partial charge in [-0.25, -0.2) is 0 Å². The molecule has 0 spiro atoms. The lowest BCUT2D eigenvalue weighted by atomic mass is 10.0. The first-order valence-electron chi connectivity index (χ1n) is 46.5. The van der Waals surface area contributed by atoms with Crippen LogP contribution in [0.5, 0.6) is 0 Å². The topological polar surface area (TPSA) is 44.4 Å². The van der Waals surface area contributed by atoms with Crippen molar-refractivity contribution < 1.29 is 0 Å². The summed E-state index contributed by atoms with van der Waals surface area (Å²) in [6.45, 7) is 0. The molecule has 626 valence electrons. The Bertz CT molecular complexity index is 9330. The van der Waals surface area contributed by atoms with Crippen LogP contribution in [0.3, 0.4) is 0 Å². The Hall–Kier alpha value is -18.2. The number of hydrogen-bond acceptors (Lipinski definition) is 0. The van der Waals surface area contributed by atoms with Crippen LogP contribution in [0.1, 0.15) is 0 Å². The Labute approximate surface area is 772 Å². The highest BCUT2D eigenvalue weighted by Crippen LogP contribution is 2.48. The fraction of sp³-hybridized carbons (Fsp3) is 0. The monoisotopic (exact) mass is 1720 g/mol. The highest BCUT2D eigenvalue weighted by atomic mass is 15.1. The van der Waals surface area contributed by atoms with Crippen LogP contribution in [0, 0.1) is 0 Å². The van der Waals surface area contributed by atoms with Crippen LogP contribution < -0.4 is 0 Å². The Morgan fingerprint density at radius 3 is 0.296 bits per heavy atom. The van der Waals surface area contributed by atoms with Gasteiger partial charge in [-0.05, 0) is 210 Å². The number of fused-ring (bicyclic) bond motifs is 27. The van der Waals surface area contributed by atoms with Gasteiger partial charge >= 0.3 is 0 Å². The van der Waals surface area contributed by atoms with Crippen LogP contribution in [-0.4, -0.2) is 41.1 Å². The van der Waals surface area contributed by atoms with Crippen molar-refractivity contribution in [1.82, 2.24) is 41.1 Å². The first kappa shape index (κ1) is 73.7. The first-order chi connectivity index (χ1) is 67.0. The number of benzene rings is 21. The lowest BCUT2D eigenvalue weighted by Crippen LogP contribution is -2.03. The summed E-state index contributed by atoms with van der Waals surface area (Å²) in [6, 6.07) is 175. The van der Waals surface area contributed by atoms with Crippen molar-refractivity contribution in [3.63, 3.8) is 0 Å². The predicted molar refractivity (Wildman–Crippen MR) is 566 cm³/mol. The third-order valence-electron chi connectivity index (χ3n) is 29.2. The van der Waals surface area contributed by atoms with Crippen LogP contribution in [0.25, 0.3) is 270 Å². The van der Waals surface area contributed by atoms with Crippen molar-refractivity contribution in [1.29, 1.82) is 0 Å². The standard InChI is InChI=1S/C126H77N9/c1-15-43-109-91(29-1)92-30-2-16-44-110(92)127(109)82-69-83(128-111-45-17-3-31-93(111)94-32-4-18-46-112(94)128)72-87(71-82)132-119-53-25-11-39-101(119)105-65-78(57-61-123(105)132)80-59-63-125-107(67-80)103-41-13-27-55-121(103)134(125)89-75-86(131-117-51-23-9-37-99(117)100-38-10-24-52-118(100)131)76-90(77-89)135-122-56-28-14-42-104(122)108-68-81(60-64-126(108)135)79-58-62-124-106(66-79)102-40-12-26-54-120(102)133(124)88-73-84(129-113-47-19-5-33-95(113)96-34-6-20-48-114(96)129)70-85(74-88)130-115-49-21-7-35-97(115)98-36-8-22-50-116(98)130/h1-77H. The molecule has 0 unspecified atom stereocenters. The van der Waals surface area contributed by atoms with E-state index in [2.05, 4.69) is 508 Å². The second-order valence-electron chi connectivity index (χ2n) is 36.3.